The maximum atomic E-state index is 16.1. The first-order valence-electron chi connectivity index (χ1n) is 43.2. The van der Waals surface area contributed by atoms with Crippen molar-refractivity contribution in [3.8, 4) is 0 Å². The fourth-order valence-electron chi connectivity index (χ4n) is 16.7. The Balaban J connectivity index is 0.000000199. The molecule has 2 unspecified atom stereocenters. The molecule has 0 radical (unpaired) electrons. The van der Waals surface area contributed by atoms with Crippen LogP contribution in [-0.2, 0) is 60.1 Å². The molecule has 11 amide bonds. The van der Waals surface area contributed by atoms with Crippen molar-refractivity contribution in [1.82, 2.24) is 50.4 Å². The lowest BCUT2D eigenvalue weighted by atomic mass is 9.96. The number of aliphatic carboxylic acids is 1. The normalized spacial score (nSPS) is 20.1. The highest BCUT2D eigenvalue weighted by molar-refractivity contribution is 6.27. The van der Waals surface area contributed by atoms with Gasteiger partial charge in [0.25, 0.3) is 35.4 Å². The lowest BCUT2D eigenvalue weighted by molar-refractivity contribution is -0.139. The summed E-state index contributed by atoms with van der Waals surface area (Å²) >= 11 is 0. The summed E-state index contributed by atoms with van der Waals surface area (Å²) in [5.74, 6) is -8.98. The number of hydrogen-bond acceptors (Lipinski definition) is 25. The Kier molecular flexibility index (Phi) is 32.5. The van der Waals surface area contributed by atoms with E-state index in [9.17, 15) is 93.5 Å². The Labute approximate surface area is 756 Å². The van der Waals surface area contributed by atoms with E-state index in [1.807, 2.05) is 57.7 Å². The van der Waals surface area contributed by atoms with Gasteiger partial charge in [-0.15, -0.1) is 0 Å². The molecule has 43 heteroatoms. The number of anilines is 6. The predicted octanol–water partition coefficient (Wildman–Crippen LogP) is 7.56. The molecule has 4 saturated heterocycles. The van der Waals surface area contributed by atoms with Gasteiger partial charge in [0.05, 0.1) is 133 Å². The largest absolute Gasteiger partial charge is 0.481 e. The number of benzene rings is 4. The number of rotatable bonds is 30. The first-order valence-corrected chi connectivity index (χ1v) is 43.2. The molecule has 133 heavy (non-hydrogen) atoms. The van der Waals surface area contributed by atoms with E-state index in [0.717, 1.165) is 21.6 Å². The average molecular weight is 1860 g/mol. The van der Waals surface area contributed by atoms with E-state index < -0.39 is 134 Å². The molecule has 0 bridgehead atoms. The number of nitrogens with one attached hydrogen (secondary N) is 9. The molecular formula is C90H102F8N16O19. The van der Waals surface area contributed by atoms with Gasteiger partial charge in [0, 0.05) is 143 Å². The molecule has 0 spiro atoms. The van der Waals surface area contributed by atoms with Gasteiger partial charge in [-0.05, 0) is 134 Å². The Morgan fingerprint density at radius 2 is 0.902 bits per heavy atom. The number of pyridine rings is 2. The van der Waals surface area contributed by atoms with Crippen LogP contribution in [0.3, 0.4) is 0 Å². The molecule has 14 rings (SSSR count). The summed E-state index contributed by atoms with van der Waals surface area (Å²) in [6.07, 6.45) is -3.83. The van der Waals surface area contributed by atoms with E-state index in [1.54, 1.807) is 35.2 Å². The number of piperazine rings is 2. The number of carboxylic acid groups (broad SMARTS) is 1. The van der Waals surface area contributed by atoms with Crippen molar-refractivity contribution >= 4 is 116 Å². The monoisotopic (exact) mass is 1860 g/mol. The number of carboxylic acids is 1. The third kappa shape index (κ3) is 23.9. The van der Waals surface area contributed by atoms with Crippen molar-refractivity contribution in [3.63, 3.8) is 0 Å². The lowest BCUT2D eigenvalue weighted by Crippen LogP contribution is -2.55. The van der Waals surface area contributed by atoms with Crippen molar-refractivity contribution in [1.29, 1.82) is 0 Å². The van der Waals surface area contributed by atoms with Gasteiger partial charge in [-0.1, -0.05) is 24.3 Å². The molecule has 2 aromatic heterocycles. The molecule has 712 valence electrons. The Morgan fingerprint density at radius 1 is 0.489 bits per heavy atom. The molecule has 8 aliphatic heterocycles. The number of carbonyl (C=O) groups excluding carboxylic acids is 11. The number of aromatic nitrogens is 2. The molecule has 10 N–H and O–H groups in total. The van der Waals surface area contributed by atoms with E-state index in [0.29, 0.717) is 105 Å². The van der Waals surface area contributed by atoms with Gasteiger partial charge >= 0.3 is 18.3 Å². The van der Waals surface area contributed by atoms with Crippen molar-refractivity contribution in [2.24, 2.45) is 0 Å². The smallest absolute Gasteiger partial charge is 0.417 e. The molecule has 6 atom stereocenters. The molecule has 35 nitrogen and oxygen atoms in total. The number of likely N-dealkylation sites (N-methyl/N-ethyl adjacent to an activating group) is 2. The van der Waals surface area contributed by atoms with Crippen LogP contribution < -0.4 is 58.1 Å². The third-order valence-corrected chi connectivity index (χ3v) is 24.1. The van der Waals surface area contributed by atoms with Gasteiger partial charge < -0.3 is 75.3 Å². The minimum absolute atomic E-state index is 0.0160. The van der Waals surface area contributed by atoms with Crippen LogP contribution in [0.1, 0.15) is 163 Å². The second-order valence-corrected chi connectivity index (χ2v) is 32.9. The standard InChI is InChI=1S/C45H50F4N8O9.C25H29F4N5O2.C20H23N3O8/c1-25-23-56(24-26(2)54(25)3)36-21-32(46)29(19-34(36)52-41(61)30-22-51-38(59)20-31(30)45(47,48)49)27-9-13-55(14-10-27)39(60)11-15-65-17-18-66-16-12-50-33-6-4-5-28-40(33)44(64)57(43(28)63)35-7-8-37(58)53-42(35)62;1-14-12-34(13-15(2)33(14)3)22-10-20(26)17(16-4-6-30-7-5-16)8-21(22)32-24(36)18-11-31-23(35)9-19(18)25(27,28)29;24-15-5-4-14(18(27)22-15)23-19(28)12-2-1-3-13(17(12)20(23)29)21-7-9-31-11-10-30-8-6-16(25)26/h4-6,9,19-22,25-26,35,50H,7-8,10-18,23-24H2,1-3H3,(H,51,59)(H,52,61)(H,53,58,62);4,8-11,14-15,30H,5-7,12-13H2,1-3H3,(H,31,35)(H,32,36);1-3,14,21H,4-11H2,(H,25,26)(H,22,24,27)/t25-,26+,35?;14-,15+;. The highest BCUT2D eigenvalue weighted by atomic mass is 19.4. The number of fused-ring (bicyclic) bond motifs is 2. The molecule has 0 saturated carbocycles. The maximum absolute atomic E-state index is 16.1. The van der Waals surface area contributed by atoms with Gasteiger partial charge in [0.1, 0.15) is 23.7 Å². The minimum Gasteiger partial charge on any atom is -0.481 e. The first kappa shape index (κ1) is 99.1. The SMILES string of the molecule is C[C@@H]1CN(c2cc(F)c(C3=CCN(C(=O)CCOCCOCCNc4cccc5c4C(=O)N(C4CCC(=O)NC4=O)C5=O)CC3)cc2NC(=O)c2c[nH]c(=O)cc2C(F)(F)F)C[C@H](C)N1C.C[C@@H]1CN(c2cc(F)c(C3=CCNCC3)cc2NC(=O)c2c[nH]c(=O)cc2C(F)(F)F)C[C@H](C)N1C.O=C(O)CCOCCOCCNc1cccc2c1C(=O)N(C1CCC(=O)NC1=O)C2=O. The van der Waals surface area contributed by atoms with Crippen LogP contribution >= 0.6 is 0 Å². The number of aromatic amines is 2. The molecule has 8 aliphatic rings. The first-order chi connectivity index (χ1) is 63.3. The number of hydrogen-bond donors (Lipinski definition) is 10. The summed E-state index contributed by atoms with van der Waals surface area (Å²) in [6, 6.07) is 14.0. The summed E-state index contributed by atoms with van der Waals surface area (Å²) in [7, 11) is 3.96. The highest BCUT2D eigenvalue weighted by Crippen LogP contribution is 2.42. The number of nitrogens with zero attached hydrogens (tertiary/aromatic N) is 7. The van der Waals surface area contributed by atoms with Crippen LogP contribution in [0.5, 0.6) is 0 Å². The van der Waals surface area contributed by atoms with Crippen molar-refractivity contribution in [2.75, 3.05) is 163 Å². The summed E-state index contributed by atoms with van der Waals surface area (Å²) in [5.41, 5.74) is -2.03. The van der Waals surface area contributed by atoms with Gasteiger partial charge in [-0.2, -0.15) is 26.3 Å². The fraction of sp³-hybridized carbons (Fsp3) is 0.444. The predicted molar refractivity (Wildman–Crippen MR) is 469 cm³/mol. The topological polar surface area (TPSA) is 435 Å². The van der Waals surface area contributed by atoms with Gasteiger partial charge in [0.2, 0.25) is 40.7 Å². The van der Waals surface area contributed by atoms with Crippen LogP contribution in [0.4, 0.5) is 69.2 Å². The van der Waals surface area contributed by atoms with Crippen LogP contribution in [0.2, 0.25) is 0 Å². The van der Waals surface area contributed by atoms with E-state index >= 15 is 8.78 Å². The molecule has 10 heterocycles. The minimum atomic E-state index is -4.99. The number of alkyl halides is 6. The van der Waals surface area contributed by atoms with Crippen molar-refractivity contribution < 1.29 is 117 Å². The van der Waals surface area contributed by atoms with Crippen LogP contribution in [0, 0.1) is 11.6 Å². The molecule has 6 aromatic rings. The number of piperidine rings is 2. The van der Waals surface area contributed by atoms with Gasteiger partial charge in [0.15, 0.2) is 0 Å². The highest BCUT2D eigenvalue weighted by Gasteiger charge is 2.48. The van der Waals surface area contributed by atoms with Gasteiger partial charge in [-0.25, -0.2) is 8.78 Å². The van der Waals surface area contributed by atoms with Crippen LogP contribution in [-0.4, -0.2) is 279 Å². The number of halogens is 8. The zero-order valence-electron chi connectivity index (χ0n) is 73.5. The zero-order valence-corrected chi connectivity index (χ0v) is 73.5. The number of amides is 11. The molecule has 0 aliphatic carbocycles. The van der Waals surface area contributed by atoms with Crippen molar-refractivity contribution in [3.05, 3.63) is 185 Å². The van der Waals surface area contributed by atoms with Crippen LogP contribution in [0.25, 0.3) is 11.1 Å². The number of H-pyrrole nitrogens is 2. The third-order valence-electron chi connectivity index (χ3n) is 24.1. The fourth-order valence-corrected chi connectivity index (χ4v) is 16.7. The number of imide groups is 4. The molecular weight excluding hydrogens is 1760 g/mol. The second-order valence-electron chi connectivity index (χ2n) is 32.9. The number of ether oxygens (including phenoxy) is 4. The quantitative estimate of drug-likeness (QED) is 0.0118. The Hall–Kier alpha value is -12.9. The number of carbonyl (C=O) groups is 12. The summed E-state index contributed by atoms with van der Waals surface area (Å²) < 4.78 is 136. The zero-order chi connectivity index (χ0) is 96.0. The van der Waals surface area contributed by atoms with E-state index in [-0.39, 0.29) is 186 Å². The maximum Gasteiger partial charge on any atom is 0.417 e. The van der Waals surface area contributed by atoms with E-state index in [2.05, 4.69) is 57.0 Å². The second kappa shape index (κ2) is 43.6. The van der Waals surface area contributed by atoms with E-state index in [4.69, 9.17) is 24.1 Å². The molecule has 4 fully saturated rings. The van der Waals surface area contributed by atoms with Gasteiger partial charge in [-0.3, -0.25) is 97.4 Å². The van der Waals surface area contributed by atoms with E-state index in [1.165, 1.54) is 36.4 Å². The van der Waals surface area contributed by atoms with Crippen LogP contribution in [0.15, 0.2) is 107 Å². The molecule has 4 aromatic carbocycles. The summed E-state index contributed by atoms with van der Waals surface area (Å²) in [5, 5.41) is 27.3. The average Bonchev–Trinajstić information content (AvgIpc) is 1.63. The van der Waals surface area contributed by atoms with Crippen molar-refractivity contribution in [2.45, 2.75) is 128 Å². The Morgan fingerprint density at radius 3 is 1.29 bits per heavy atom. The Bertz CT molecular complexity index is 5640. The summed E-state index contributed by atoms with van der Waals surface area (Å²) in [6.45, 7) is 14.0. The summed E-state index contributed by atoms with van der Waals surface area (Å²) in [4.78, 5) is 189. The lowest BCUT2D eigenvalue weighted by Gasteiger charge is -2.44.